The van der Waals surface area contributed by atoms with Gasteiger partial charge in [-0.1, -0.05) is 17.9 Å². The highest BCUT2D eigenvalue weighted by Gasteiger charge is 2.06. The number of nitrogens with one attached hydrogen (secondary N) is 1. The van der Waals surface area contributed by atoms with Crippen molar-refractivity contribution in [3.8, 4) is 11.8 Å². The average Bonchev–Trinajstić information content (AvgIpc) is 2.77. The van der Waals surface area contributed by atoms with Gasteiger partial charge in [-0.2, -0.15) is 0 Å². The maximum atomic E-state index is 5.95. The average molecular weight is 423 g/mol. The molecule has 3 N–H and O–H groups in total. The Morgan fingerprint density at radius 3 is 2.53 bits per heavy atom. The summed E-state index contributed by atoms with van der Waals surface area (Å²) in [6.07, 6.45) is 5.22. The third-order valence-electron chi connectivity index (χ3n) is 5.21. The van der Waals surface area contributed by atoms with E-state index in [2.05, 4.69) is 76.2 Å². The van der Waals surface area contributed by atoms with Gasteiger partial charge in [0.25, 0.3) is 0 Å². The standard InChI is InChI=1S/C26H26N6/c1-17-12-22(10-9-21(17)16-32(3)4)31-23-13-19(18(2)29-15-23)7-8-20-14-30-26(27)25-24(20)6-5-11-28-25/h5-6,9-15,31H,16H2,1-4H3,(H2,27,30). The van der Waals surface area contributed by atoms with E-state index in [0.717, 1.165) is 40.1 Å². The summed E-state index contributed by atoms with van der Waals surface area (Å²) in [7, 11) is 4.15. The predicted molar refractivity (Wildman–Crippen MR) is 131 cm³/mol. The molecule has 4 aromatic rings. The number of nitrogen functional groups attached to an aromatic ring is 1. The van der Waals surface area contributed by atoms with Crippen LogP contribution in [0.4, 0.5) is 17.2 Å². The zero-order valence-electron chi connectivity index (χ0n) is 18.8. The fraction of sp³-hybridized carbons (Fsp3) is 0.192. The Labute approximate surface area is 188 Å². The normalized spacial score (nSPS) is 10.8. The van der Waals surface area contributed by atoms with Crippen LogP contribution in [0.25, 0.3) is 10.9 Å². The largest absolute Gasteiger partial charge is 0.382 e. The molecule has 0 unspecified atom stereocenters. The highest BCUT2D eigenvalue weighted by Crippen LogP contribution is 2.22. The third kappa shape index (κ3) is 4.69. The molecular formula is C26H26N6. The van der Waals surface area contributed by atoms with Gasteiger partial charge in [0.05, 0.1) is 23.1 Å². The van der Waals surface area contributed by atoms with E-state index in [-0.39, 0.29) is 0 Å². The maximum absolute atomic E-state index is 5.95. The highest BCUT2D eigenvalue weighted by molar-refractivity contribution is 5.91. The lowest BCUT2D eigenvalue weighted by Gasteiger charge is -2.14. The molecule has 3 aromatic heterocycles. The first kappa shape index (κ1) is 21.3. The van der Waals surface area contributed by atoms with Crippen molar-refractivity contribution in [2.45, 2.75) is 20.4 Å². The number of anilines is 3. The Kier molecular flexibility index (Phi) is 6.02. The minimum absolute atomic E-state index is 0.405. The number of benzene rings is 1. The molecule has 0 atom stereocenters. The summed E-state index contributed by atoms with van der Waals surface area (Å²) in [5.74, 6) is 6.86. The van der Waals surface area contributed by atoms with Crippen LogP contribution in [0.5, 0.6) is 0 Å². The minimum Gasteiger partial charge on any atom is -0.382 e. The number of aromatic nitrogens is 3. The molecule has 3 heterocycles. The molecule has 32 heavy (non-hydrogen) atoms. The van der Waals surface area contributed by atoms with Crippen LogP contribution in [0.15, 0.2) is 55.0 Å². The zero-order valence-corrected chi connectivity index (χ0v) is 18.8. The van der Waals surface area contributed by atoms with E-state index in [0.29, 0.717) is 11.3 Å². The number of hydrogen-bond acceptors (Lipinski definition) is 6. The second-order valence-corrected chi connectivity index (χ2v) is 8.07. The van der Waals surface area contributed by atoms with E-state index in [1.165, 1.54) is 11.1 Å². The van der Waals surface area contributed by atoms with Crippen molar-refractivity contribution in [1.29, 1.82) is 0 Å². The molecule has 6 nitrogen and oxygen atoms in total. The van der Waals surface area contributed by atoms with Crippen LogP contribution >= 0.6 is 0 Å². The second-order valence-electron chi connectivity index (χ2n) is 8.07. The number of nitrogens with two attached hydrogens (primary N) is 1. The number of pyridine rings is 3. The van der Waals surface area contributed by atoms with Gasteiger partial charge in [-0.25, -0.2) is 4.98 Å². The van der Waals surface area contributed by atoms with Crippen molar-refractivity contribution in [3.05, 3.63) is 82.9 Å². The smallest absolute Gasteiger partial charge is 0.150 e. The van der Waals surface area contributed by atoms with Crippen LogP contribution < -0.4 is 11.1 Å². The lowest BCUT2D eigenvalue weighted by Crippen LogP contribution is -2.11. The maximum Gasteiger partial charge on any atom is 0.150 e. The van der Waals surface area contributed by atoms with E-state index in [9.17, 15) is 0 Å². The molecule has 160 valence electrons. The van der Waals surface area contributed by atoms with E-state index in [1.807, 2.05) is 31.3 Å². The van der Waals surface area contributed by atoms with E-state index in [1.54, 1.807) is 12.4 Å². The lowest BCUT2D eigenvalue weighted by atomic mass is 10.1. The van der Waals surface area contributed by atoms with Crippen molar-refractivity contribution < 1.29 is 0 Å². The minimum atomic E-state index is 0.405. The third-order valence-corrected chi connectivity index (χ3v) is 5.21. The SMILES string of the molecule is Cc1cc(Nc2cnc(C)c(C#Cc3cnc(N)c4ncccc34)c2)ccc1CN(C)C. The fourth-order valence-corrected chi connectivity index (χ4v) is 3.51. The number of hydrogen-bond donors (Lipinski definition) is 2. The summed E-state index contributed by atoms with van der Waals surface area (Å²) in [5, 5.41) is 4.33. The molecule has 1 aromatic carbocycles. The molecule has 0 aliphatic carbocycles. The van der Waals surface area contributed by atoms with Crippen LogP contribution in [-0.4, -0.2) is 33.9 Å². The quantitative estimate of drug-likeness (QED) is 0.474. The molecular weight excluding hydrogens is 396 g/mol. The molecule has 0 saturated heterocycles. The van der Waals surface area contributed by atoms with Crippen LogP contribution in [0.3, 0.4) is 0 Å². The number of rotatable bonds is 4. The van der Waals surface area contributed by atoms with Gasteiger partial charge in [-0.05, 0) is 69.4 Å². The van der Waals surface area contributed by atoms with Crippen molar-refractivity contribution in [3.63, 3.8) is 0 Å². The monoisotopic (exact) mass is 422 g/mol. The molecule has 0 amide bonds. The van der Waals surface area contributed by atoms with Gasteiger partial charge in [-0.3, -0.25) is 9.97 Å². The van der Waals surface area contributed by atoms with Gasteiger partial charge in [0.15, 0.2) is 0 Å². The number of fused-ring (bicyclic) bond motifs is 1. The Bertz CT molecular complexity index is 1350. The molecule has 6 heteroatoms. The van der Waals surface area contributed by atoms with Crippen LogP contribution in [0, 0.1) is 25.7 Å². The highest BCUT2D eigenvalue weighted by atomic mass is 15.0. The van der Waals surface area contributed by atoms with Gasteiger partial charge in [0.1, 0.15) is 11.3 Å². The summed E-state index contributed by atoms with van der Waals surface area (Å²) < 4.78 is 0. The van der Waals surface area contributed by atoms with Crippen molar-refractivity contribution in [2.75, 3.05) is 25.1 Å². The van der Waals surface area contributed by atoms with Crippen molar-refractivity contribution in [1.82, 2.24) is 19.9 Å². The summed E-state index contributed by atoms with van der Waals surface area (Å²) >= 11 is 0. The zero-order chi connectivity index (χ0) is 22.7. The summed E-state index contributed by atoms with van der Waals surface area (Å²) in [6.45, 7) is 5.01. The Morgan fingerprint density at radius 1 is 0.938 bits per heavy atom. The Morgan fingerprint density at radius 2 is 1.75 bits per heavy atom. The molecule has 4 rings (SSSR count). The van der Waals surface area contributed by atoms with Crippen LogP contribution in [0.1, 0.15) is 27.9 Å². The first-order valence-electron chi connectivity index (χ1n) is 10.4. The van der Waals surface area contributed by atoms with Crippen LogP contribution in [0.2, 0.25) is 0 Å². The van der Waals surface area contributed by atoms with Crippen molar-refractivity contribution >= 4 is 28.1 Å². The summed E-state index contributed by atoms with van der Waals surface area (Å²) in [6, 6.07) is 12.3. The number of nitrogens with zero attached hydrogens (tertiary/aromatic N) is 4. The van der Waals surface area contributed by atoms with Gasteiger partial charge in [0.2, 0.25) is 0 Å². The molecule has 0 saturated carbocycles. The summed E-state index contributed by atoms with van der Waals surface area (Å²) in [5.41, 5.74) is 13.6. The van der Waals surface area contributed by atoms with E-state index in [4.69, 9.17) is 5.73 Å². The van der Waals surface area contributed by atoms with Gasteiger partial charge < -0.3 is 16.0 Å². The Balaban J connectivity index is 1.61. The van der Waals surface area contributed by atoms with Gasteiger partial charge >= 0.3 is 0 Å². The topological polar surface area (TPSA) is 80.0 Å². The van der Waals surface area contributed by atoms with E-state index < -0.39 is 0 Å². The number of aryl methyl sites for hydroxylation is 2. The Hall–Kier alpha value is -3.95. The van der Waals surface area contributed by atoms with Crippen LogP contribution in [-0.2, 0) is 6.54 Å². The molecule has 0 bridgehead atoms. The molecule has 0 spiro atoms. The fourth-order valence-electron chi connectivity index (χ4n) is 3.51. The first-order valence-corrected chi connectivity index (χ1v) is 10.4. The van der Waals surface area contributed by atoms with Crippen molar-refractivity contribution in [2.24, 2.45) is 0 Å². The molecule has 0 aliphatic rings. The second kappa shape index (κ2) is 9.04. The predicted octanol–water partition coefficient (Wildman–Crippen LogP) is 4.43. The van der Waals surface area contributed by atoms with E-state index >= 15 is 0 Å². The molecule has 0 radical (unpaired) electrons. The molecule has 0 fully saturated rings. The first-order chi connectivity index (χ1) is 15.4. The molecule has 0 aliphatic heterocycles. The summed E-state index contributed by atoms with van der Waals surface area (Å²) in [4.78, 5) is 15.2. The van der Waals surface area contributed by atoms with Gasteiger partial charge in [-0.15, -0.1) is 0 Å². The lowest BCUT2D eigenvalue weighted by molar-refractivity contribution is 0.401. The van der Waals surface area contributed by atoms with Gasteiger partial charge in [0, 0.05) is 35.6 Å².